The quantitative estimate of drug-likeness (QED) is 0.860. The van der Waals surface area contributed by atoms with Gasteiger partial charge in [0.2, 0.25) is 5.91 Å². The van der Waals surface area contributed by atoms with Gasteiger partial charge in [0.1, 0.15) is 11.6 Å². The highest BCUT2D eigenvalue weighted by atomic mass is 32.2. The van der Waals surface area contributed by atoms with Crippen molar-refractivity contribution in [1.82, 2.24) is 9.78 Å². The van der Waals surface area contributed by atoms with Gasteiger partial charge in [-0.3, -0.25) is 19.4 Å². The highest BCUT2D eigenvalue weighted by Gasteiger charge is 2.32. The van der Waals surface area contributed by atoms with Gasteiger partial charge in [-0.1, -0.05) is 12.1 Å². The van der Waals surface area contributed by atoms with Crippen LogP contribution in [0, 0.1) is 0 Å². The molecule has 2 N–H and O–H groups in total. The number of rotatable bonds is 3. The average Bonchev–Trinajstić information content (AvgIpc) is 2.88. The molecule has 0 saturated carbocycles. The van der Waals surface area contributed by atoms with E-state index in [1.54, 1.807) is 7.11 Å². The molecule has 1 amide bonds. The van der Waals surface area contributed by atoms with Crippen molar-refractivity contribution in [2.24, 2.45) is 0 Å². The molecule has 1 atom stereocenters. The lowest BCUT2D eigenvalue weighted by Gasteiger charge is -2.25. The highest BCUT2D eigenvalue weighted by Crippen LogP contribution is 2.41. The van der Waals surface area contributed by atoms with Crippen LogP contribution in [0.2, 0.25) is 0 Å². The first-order valence-corrected chi connectivity index (χ1v) is 9.70. The largest absolute Gasteiger partial charge is 0.497 e. The number of methoxy groups -OCH3 is 1. The highest BCUT2D eigenvalue weighted by molar-refractivity contribution is 8.00. The molecular formula is C18H21N3O4S. The molecule has 138 valence electrons. The molecule has 0 bridgehead atoms. The van der Waals surface area contributed by atoms with Gasteiger partial charge in [0, 0.05) is 13.2 Å². The Bertz CT molecular complexity index is 852. The number of H-pyrrole nitrogens is 1. The lowest BCUT2D eigenvalue weighted by atomic mass is 10.1. The molecule has 3 heterocycles. The Hall–Kier alpha value is -2.19. The van der Waals surface area contributed by atoms with E-state index in [9.17, 15) is 9.59 Å². The molecule has 1 fully saturated rings. The normalized spacial score (nSPS) is 21.0. The second kappa shape index (κ2) is 7.20. The maximum atomic E-state index is 12.8. The lowest BCUT2D eigenvalue weighted by Crippen LogP contribution is -2.24. The van der Waals surface area contributed by atoms with Gasteiger partial charge in [-0.25, -0.2) is 0 Å². The molecule has 1 saturated heterocycles. The number of benzene rings is 1. The van der Waals surface area contributed by atoms with Crippen LogP contribution in [0.4, 0.5) is 5.82 Å². The maximum Gasteiger partial charge on any atom is 0.270 e. The van der Waals surface area contributed by atoms with Gasteiger partial charge in [-0.2, -0.15) is 0 Å². The zero-order valence-corrected chi connectivity index (χ0v) is 15.3. The molecule has 7 nitrogen and oxygen atoms in total. The standard InChI is InChI=1S/C18H21N3O4S/c1-24-13-4-2-11(3-5-13)16-15-17(19-14(22)10-26-16)21(20-18(15)23)12-6-8-25-9-7-12/h2-5,12,16H,6-10H2,1H3,(H,19,22)(H,20,23)/t16-/m1/s1. The molecule has 0 unspecified atom stereocenters. The number of carbonyl (C=O) groups excluding carboxylic acids is 1. The summed E-state index contributed by atoms with van der Waals surface area (Å²) in [4.78, 5) is 25.1. The summed E-state index contributed by atoms with van der Waals surface area (Å²) in [6, 6.07) is 7.77. The van der Waals surface area contributed by atoms with Crippen LogP contribution in [0.25, 0.3) is 0 Å². The molecule has 8 heteroatoms. The number of aromatic amines is 1. The number of hydrogen-bond acceptors (Lipinski definition) is 5. The van der Waals surface area contributed by atoms with Gasteiger partial charge in [0.05, 0.1) is 29.7 Å². The zero-order valence-electron chi connectivity index (χ0n) is 14.5. The molecule has 4 rings (SSSR count). The van der Waals surface area contributed by atoms with E-state index in [1.807, 2.05) is 28.9 Å². The summed E-state index contributed by atoms with van der Waals surface area (Å²) in [5.41, 5.74) is 1.43. The summed E-state index contributed by atoms with van der Waals surface area (Å²) in [7, 11) is 1.62. The first-order chi connectivity index (χ1) is 12.7. The van der Waals surface area contributed by atoms with Gasteiger partial charge in [0.15, 0.2) is 0 Å². The van der Waals surface area contributed by atoms with E-state index < -0.39 is 0 Å². The molecule has 2 aliphatic heterocycles. The van der Waals surface area contributed by atoms with Gasteiger partial charge < -0.3 is 14.8 Å². The van der Waals surface area contributed by atoms with Gasteiger partial charge >= 0.3 is 0 Å². The van der Waals surface area contributed by atoms with Crippen LogP contribution in [-0.4, -0.2) is 41.8 Å². The topological polar surface area (TPSA) is 85.4 Å². The first-order valence-electron chi connectivity index (χ1n) is 8.65. The van der Waals surface area contributed by atoms with E-state index in [-0.39, 0.29) is 22.8 Å². The Kier molecular flexibility index (Phi) is 4.78. The van der Waals surface area contributed by atoms with Gasteiger partial charge in [-0.05, 0) is 30.5 Å². The van der Waals surface area contributed by atoms with Crippen LogP contribution >= 0.6 is 11.8 Å². The second-order valence-electron chi connectivity index (χ2n) is 6.43. The number of hydrogen-bond donors (Lipinski definition) is 2. The number of carbonyl (C=O) groups is 1. The minimum absolute atomic E-state index is 0.0907. The predicted octanol–water partition coefficient (Wildman–Crippen LogP) is 2.31. The number of fused-ring (bicyclic) bond motifs is 1. The number of nitrogens with zero attached hydrogens (tertiary/aromatic N) is 1. The zero-order chi connectivity index (χ0) is 18.1. The molecule has 0 aliphatic carbocycles. The molecule has 2 aromatic rings. The summed E-state index contributed by atoms with van der Waals surface area (Å²) >= 11 is 1.46. The fraction of sp³-hybridized carbons (Fsp3) is 0.444. The predicted molar refractivity (Wildman–Crippen MR) is 100 cm³/mol. The first kappa shape index (κ1) is 17.2. The monoisotopic (exact) mass is 375 g/mol. The fourth-order valence-corrected chi connectivity index (χ4v) is 4.63. The van der Waals surface area contributed by atoms with E-state index in [0.717, 1.165) is 24.2 Å². The minimum Gasteiger partial charge on any atom is -0.497 e. The van der Waals surface area contributed by atoms with Crippen molar-refractivity contribution < 1.29 is 14.3 Å². The SMILES string of the molecule is COc1ccc([C@H]2SCC(=O)Nc3c2c(=O)[nH]n3C2CCOCC2)cc1. The van der Waals surface area contributed by atoms with Gasteiger partial charge in [0.25, 0.3) is 5.56 Å². The van der Waals surface area contributed by atoms with E-state index in [2.05, 4.69) is 10.4 Å². The number of ether oxygens (including phenoxy) is 2. The van der Waals surface area contributed by atoms with Crippen molar-refractivity contribution >= 4 is 23.5 Å². The number of aromatic nitrogens is 2. The van der Waals surface area contributed by atoms with Crippen molar-refractivity contribution in [3.8, 4) is 5.75 Å². The van der Waals surface area contributed by atoms with E-state index in [4.69, 9.17) is 9.47 Å². The summed E-state index contributed by atoms with van der Waals surface area (Å²) in [5, 5.41) is 5.68. The number of nitrogens with one attached hydrogen (secondary N) is 2. The minimum atomic E-state index is -0.209. The third-order valence-corrected chi connectivity index (χ3v) is 6.11. The summed E-state index contributed by atoms with van der Waals surface area (Å²) in [5.74, 6) is 1.57. The molecule has 26 heavy (non-hydrogen) atoms. The van der Waals surface area contributed by atoms with Crippen molar-refractivity contribution in [2.45, 2.75) is 24.1 Å². The van der Waals surface area contributed by atoms with Crippen LogP contribution in [0.3, 0.4) is 0 Å². The van der Waals surface area contributed by atoms with Crippen LogP contribution in [0.1, 0.15) is 35.3 Å². The third-order valence-electron chi connectivity index (χ3n) is 4.84. The molecule has 1 aromatic heterocycles. The molecule has 0 radical (unpaired) electrons. The van der Waals surface area contributed by atoms with E-state index >= 15 is 0 Å². The average molecular weight is 375 g/mol. The fourth-order valence-electron chi connectivity index (χ4n) is 3.50. The smallest absolute Gasteiger partial charge is 0.270 e. The van der Waals surface area contributed by atoms with Crippen LogP contribution in [-0.2, 0) is 9.53 Å². The van der Waals surface area contributed by atoms with Crippen LogP contribution in [0.15, 0.2) is 29.1 Å². The van der Waals surface area contributed by atoms with Crippen molar-refractivity contribution in [2.75, 3.05) is 31.4 Å². The Labute approximate surface area is 155 Å². The second-order valence-corrected chi connectivity index (χ2v) is 7.52. The van der Waals surface area contributed by atoms with E-state index in [0.29, 0.717) is 30.3 Å². The number of anilines is 1. The molecule has 0 spiro atoms. The van der Waals surface area contributed by atoms with Crippen molar-refractivity contribution in [3.05, 3.63) is 45.7 Å². The number of thioether (sulfide) groups is 1. The summed E-state index contributed by atoms with van der Waals surface area (Å²) in [6.07, 6.45) is 1.63. The Morgan fingerprint density at radius 1 is 1.19 bits per heavy atom. The molecule has 2 aliphatic rings. The molecule has 1 aromatic carbocycles. The van der Waals surface area contributed by atoms with Crippen LogP contribution in [0.5, 0.6) is 5.75 Å². The van der Waals surface area contributed by atoms with Crippen molar-refractivity contribution in [3.63, 3.8) is 0 Å². The van der Waals surface area contributed by atoms with Gasteiger partial charge in [-0.15, -0.1) is 11.8 Å². The summed E-state index contributed by atoms with van der Waals surface area (Å²) in [6.45, 7) is 1.31. The molecular weight excluding hydrogens is 354 g/mol. The van der Waals surface area contributed by atoms with E-state index in [1.165, 1.54) is 11.8 Å². The number of amides is 1. The third kappa shape index (κ3) is 3.14. The summed E-state index contributed by atoms with van der Waals surface area (Å²) < 4.78 is 12.5. The van der Waals surface area contributed by atoms with Crippen molar-refractivity contribution in [1.29, 1.82) is 0 Å². The Balaban J connectivity index is 1.78. The Morgan fingerprint density at radius 2 is 1.92 bits per heavy atom. The Morgan fingerprint density at radius 3 is 2.62 bits per heavy atom. The van der Waals surface area contributed by atoms with Crippen LogP contribution < -0.4 is 15.6 Å². The lowest BCUT2D eigenvalue weighted by molar-refractivity contribution is -0.113. The maximum absolute atomic E-state index is 12.8.